The Morgan fingerprint density at radius 2 is 1.88 bits per heavy atom. The minimum absolute atomic E-state index is 0.192. The summed E-state index contributed by atoms with van der Waals surface area (Å²) in [5.74, 6) is -0.576. The number of urea groups is 1. The highest BCUT2D eigenvalue weighted by atomic mass is 35.5. The van der Waals surface area contributed by atoms with E-state index in [2.05, 4.69) is 15.6 Å². The first-order valence-corrected chi connectivity index (χ1v) is 8.81. The zero-order valence-corrected chi connectivity index (χ0v) is 15.5. The van der Waals surface area contributed by atoms with Crippen molar-refractivity contribution in [3.8, 4) is 0 Å². The lowest BCUT2D eigenvalue weighted by Crippen LogP contribution is -2.40. The van der Waals surface area contributed by atoms with E-state index in [4.69, 9.17) is 23.2 Å². The third kappa shape index (κ3) is 4.00. The smallest absolute Gasteiger partial charge is 0.321 e. The van der Waals surface area contributed by atoms with Crippen molar-refractivity contribution >= 4 is 46.0 Å². The maximum absolute atomic E-state index is 12.1. The highest BCUT2D eigenvalue weighted by molar-refractivity contribution is 6.37. The molecule has 134 valence electrons. The van der Waals surface area contributed by atoms with E-state index in [1.807, 2.05) is 31.2 Å². The van der Waals surface area contributed by atoms with Gasteiger partial charge in [-0.1, -0.05) is 41.4 Å². The largest absolute Gasteiger partial charge is 0.358 e. The average molecular weight is 390 g/mol. The minimum Gasteiger partial charge on any atom is -0.358 e. The van der Waals surface area contributed by atoms with Crippen LogP contribution >= 0.6 is 23.2 Å². The first-order valence-electron chi connectivity index (χ1n) is 8.06. The van der Waals surface area contributed by atoms with E-state index in [0.717, 1.165) is 22.2 Å². The van der Waals surface area contributed by atoms with Gasteiger partial charge >= 0.3 is 6.03 Å². The van der Waals surface area contributed by atoms with E-state index in [-0.39, 0.29) is 10.6 Å². The lowest BCUT2D eigenvalue weighted by atomic mass is 10.1. The Hall–Kier alpha value is -2.50. The van der Waals surface area contributed by atoms with Gasteiger partial charge in [0.1, 0.15) is 0 Å². The van der Waals surface area contributed by atoms with Gasteiger partial charge in [-0.05, 0) is 43.2 Å². The number of halogens is 2. The predicted octanol–water partition coefficient (Wildman–Crippen LogP) is 4.47. The molecule has 3 amide bonds. The fourth-order valence-electron chi connectivity index (χ4n) is 2.85. The number of hydrogen-bond acceptors (Lipinski definition) is 2. The number of amides is 3. The number of aromatic nitrogens is 1. The summed E-state index contributed by atoms with van der Waals surface area (Å²) in [6.45, 7) is 2.40. The summed E-state index contributed by atoms with van der Waals surface area (Å²) >= 11 is 11.8. The van der Waals surface area contributed by atoms with Crippen LogP contribution in [0, 0.1) is 6.92 Å². The van der Waals surface area contributed by atoms with Crippen LogP contribution in [0.5, 0.6) is 0 Å². The van der Waals surface area contributed by atoms with Crippen LogP contribution in [0.2, 0.25) is 10.0 Å². The Balaban J connectivity index is 1.57. The molecular formula is C19H17Cl2N3O2. The maximum atomic E-state index is 12.1. The molecule has 0 atom stereocenters. The molecule has 5 nitrogen and oxygen atoms in total. The van der Waals surface area contributed by atoms with Crippen molar-refractivity contribution in [2.45, 2.75) is 13.3 Å². The van der Waals surface area contributed by atoms with Crippen molar-refractivity contribution in [1.82, 2.24) is 15.6 Å². The van der Waals surface area contributed by atoms with Crippen LogP contribution in [-0.4, -0.2) is 23.5 Å². The van der Waals surface area contributed by atoms with Crippen molar-refractivity contribution in [2.24, 2.45) is 0 Å². The fraction of sp³-hybridized carbons (Fsp3) is 0.158. The summed E-state index contributed by atoms with van der Waals surface area (Å²) in [7, 11) is 0. The zero-order chi connectivity index (χ0) is 18.7. The Bertz CT molecular complexity index is 982. The van der Waals surface area contributed by atoms with E-state index in [1.165, 1.54) is 12.1 Å². The number of carbonyl (C=O) groups excluding carboxylic acids is 2. The second-order valence-corrected chi connectivity index (χ2v) is 6.70. The molecule has 0 unspecified atom stereocenters. The molecule has 0 aliphatic carbocycles. The molecule has 0 radical (unpaired) electrons. The van der Waals surface area contributed by atoms with Crippen molar-refractivity contribution in [1.29, 1.82) is 0 Å². The van der Waals surface area contributed by atoms with E-state index in [9.17, 15) is 9.59 Å². The van der Waals surface area contributed by atoms with Gasteiger partial charge in [-0.15, -0.1) is 0 Å². The normalized spacial score (nSPS) is 10.7. The summed E-state index contributed by atoms with van der Waals surface area (Å²) in [5.41, 5.74) is 3.47. The van der Waals surface area contributed by atoms with Crippen molar-refractivity contribution < 1.29 is 9.59 Å². The van der Waals surface area contributed by atoms with Crippen LogP contribution in [-0.2, 0) is 6.42 Å². The van der Waals surface area contributed by atoms with Crippen LogP contribution in [0.1, 0.15) is 21.6 Å². The minimum atomic E-state index is -0.576. The first kappa shape index (κ1) is 18.3. The highest BCUT2D eigenvalue weighted by Gasteiger charge is 2.14. The Morgan fingerprint density at radius 1 is 1.12 bits per heavy atom. The highest BCUT2D eigenvalue weighted by Crippen LogP contribution is 2.22. The van der Waals surface area contributed by atoms with Gasteiger partial charge in [-0.3, -0.25) is 10.1 Å². The number of rotatable bonds is 4. The molecule has 0 fully saturated rings. The lowest BCUT2D eigenvalue weighted by molar-refractivity contribution is 0.0964. The van der Waals surface area contributed by atoms with Crippen LogP contribution in [0.3, 0.4) is 0 Å². The number of fused-ring (bicyclic) bond motifs is 1. The van der Waals surface area contributed by atoms with Gasteiger partial charge in [0.05, 0.1) is 10.6 Å². The van der Waals surface area contributed by atoms with E-state index < -0.39 is 11.9 Å². The quantitative estimate of drug-likeness (QED) is 0.615. The van der Waals surface area contributed by atoms with Gasteiger partial charge in [0.2, 0.25) is 0 Å². The maximum Gasteiger partial charge on any atom is 0.321 e. The molecule has 7 heteroatoms. The number of aromatic amines is 1. The van der Waals surface area contributed by atoms with Gasteiger partial charge in [-0.25, -0.2) is 4.79 Å². The molecule has 3 aromatic rings. The van der Waals surface area contributed by atoms with Crippen molar-refractivity contribution in [3.63, 3.8) is 0 Å². The van der Waals surface area contributed by atoms with Crippen molar-refractivity contribution in [2.75, 3.05) is 6.54 Å². The molecule has 0 aliphatic heterocycles. The average Bonchev–Trinajstić information content (AvgIpc) is 2.90. The molecule has 1 aromatic heterocycles. The topological polar surface area (TPSA) is 74.0 Å². The number of H-pyrrole nitrogens is 1. The molecule has 0 saturated carbocycles. The zero-order valence-electron chi connectivity index (χ0n) is 14.0. The Morgan fingerprint density at radius 3 is 2.65 bits per heavy atom. The molecule has 0 aliphatic rings. The molecule has 26 heavy (non-hydrogen) atoms. The number of aryl methyl sites for hydroxylation is 1. The lowest BCUT2D eigenvalue weighted by Gasteiger charge is -2.08. The number of hydrogen-bond donors (Lipinski definition) is 3. The van der Waals surface area contributed by atoms with Crippen LogP contribution in [0.4, 0.5) is 4.79 Å². The fourth-order valence-corrected chi connectivity index (χ4v) is 3.34. The number of benzene rings is 2. The predicted molar refractivity (Wildman–Crippen MR) is 104 cm³/mol. The summed E-state index contributed by atoms with van der Waals surface area (Å²) < 4.78 is 0. The summed E-state index contributed by atoms with van der Waals surface area (Å²) in [6, 6.07) is 11.9. The third-order valence-corrected chi connectivity index (χ3v) is 4.64. The summed E-state index contributed by atoms with van der Waals surface area (Å²) in [5, 5.41) is 6.70. The molecule has 3 N–H and O–H groups in total. The van der Waals surface area contributed by atoms with Gasteiger partial charge in [0.25, 0.3) is 5.91 Å². The summed E-state index contributed by atoms with van der Waals surface area (Å²) in [4.78, 5) is 27.4. The standard InChI is InChI=1S/C19H17Cl2N3O2/c1-11-13(14-4-2-3-5-17(14)23-11)8-9-22-19(26)24-18(25)15-7-6-12(20)10-16(15)21/h2-7,10,23H,8-9H2,1H3,(H2,22,24,25,26). The van der Waals surface area contributed by atoms with Gasteiger partial charge in [0, 0.05) is 28.2 Å². The molecule has 3 rings (SSSR count). The van der Waals surface area contributed by atoms with E-state index in [0.29, 0.717) is 18.0 Å². The van der Waals surface area contributed by atoms with Crippen LogP contribution in [0.25, 0.3) is 10.9 Å². The van der Waals surface area contributed by atoms with Crippen LogP contribution < -0.4 is 10.6 Å². The second kappa shape index (κ2) is 7.81. The molecule has 1 heterocycles. The molecule has 2 aromatic carbocycles. The van der Waals surface area contributed by atoms with Crippen molar-refractivity contribution in [3.05, 3.63) is 69.3 Å². The molecule has 0 spiro atoms. The second-order valence-electron chi connectivity index (χ2n) is 5.86. The van der Waals surface area contributed by atoms with E-state index in [1.54, 1.807) is 6.07 Å². The van der Waals surface area contributed by atoms with Gasteiger partial charge < -0.3 is 10.3 Å². The van der Waals surface area contributed by atoms with E-state index >= 15 is 0 Å². The third-order valence-electron chi connectivity index (χ3n) is 4.09. The SMILES string of the molecule is Cc1[nH]c2ccccc2c1CCNC(=O)NC(=O)c1ccc(Cl)cc1Cl. The van der Waals surface area contributed by atoms with Gasteiger partial charge in [-0.2, -0.15) is 0 Å². The van der Waals surface area contributed by atoms with Crippen LogP contribution in [0.15, 0.2) is 42.5 Å². The molecular weight excluding hydrogens is 373 g/mol. The monoisotopic (exact) mass is 389 g/mol. The number of imide groups is 1. The number of carbonyl (C=O) groups is 2. The molecule has 0 bridgehead atoms. The first-order chi connectivity index (χ1) is 12.5. The molecule has 0 saturated heterocycles. The summed E-state index contributed by atoms with van der Waals surface area (Å²) in [6.07, 6.45) is 0.652. The Kier molecular flexibility index (Phi) is 5.49. The Labute approximate surface area is 160 Å². The van der Waals surface area contributed by atoms with Gasteiger partial charge in [0.15, 0.2) is 0 Å². The number of para-hydroxylation sites is 1. The number of nitrogens with one attached hydrogen (secondary N) is 3.